The van der Waals surface area contributed by atoms with Crippen molar-refractivity contribution < 1.29 is 9.90 Å². The Hall–Kier alpha value is -1.03. The molecule has 0 aromatic heterocycles. The van der Waals surface area contributed by atoms with E-state index in [1.807, 2.05) is 38.1 Å². The minimum atomic E-state index is -0.765. The molecule has 3 nitrogen and oxygen atoms in total. The van der Waals surface area contributed by atoms with Crippen LogP contribution in [0.25, 0.3) is 0 Å². The van der Waals surface area contributed by atoms with Gasteiger partial charge in [0.25, 0.3) is 0 Å². The summed E-state index contributed by atoms with van der Waals surface area (Å²) in [5.74, 6) is -0.765. The van der Waals surface area contributed by atoms with Crippen molar-refractivity contribution in [1.82, 2.24) is 0 Å². The minimum absolute atomic E-state index is 0.157. The molecule has 0 atom stereocenters. The number of aliphatic carboxylic acids is 1. The minimum Gasteiger partial charge on any atom is -0.481 e. The van der Waals surface area contributed by atoms with E-state index >= 15 is 0 Å². The number of carbonyl (C=O) groups is 1. The van der Waals surface area contributed by atoms with Crippen molar-refractivity contribution in [2.45, 2.75) is 20.3 Å². The maximum Gasteiger partial charge on any atom is 0.303 e. The van der Waals surface area contributed by atoms with Crippen molar-refractivity contribution in [2.24, 2.45) is 5.41 Å². The van der Waals surface area contributed by atoms with Gasteiger partial charge in [0.15, 0.2) is 0 Å². The first-order chi connectivity index (χ1) is 7.41. The summed E-state index contributed by atoms with van der Waals surface area (Å²) >= 11 is 3.44. The molecule has 2 N–H and O–H groups in total. The average Bonchev–Trinajstić information content (AvgIpc) is 2.14. The van der Waals surface area contributed by atoms with E-state index < -0.39 is 5.97 Å². The predicted octanol–water partition coefficient (Wildman–Crippen LogP) is 3.36. The van der Waals surface area contributed by atoms with E-state index in [0.29, 0.717) is 6.54 Å². The van der Waals surface area contributed by atoms with E-state index in [-0.39, 0.29) is 11.8 Å². The summed E-state index contributed by atoms with van der Waals surface area (Å²) in [7, 11) is 0. The molecular formula is C12H16BrNO2. The second-order valence-electron chi connectivity index (χ2n) is 4.57. The molecule has 0 heterocycles. The first-order valence-corrected chi connectivity index (χ1v) is 5.90. The quantitative estimate of drug-likeness (QED) is 0.872. The number of nitrogens with one attached hydrogen (secondary N) is 1. The molecule has 0 fully saturated rings. The first-order valence-electron chi connectivity index (χ1n) is 5.11. The number of hydrogen-bond donors (Lipinski definition) is 2. The Morgan fingerprint density at radius 1 is 1.44 bits per heavy atom. The molecule has 0 aliphatic rings. The predicted molar refractivity (Wildman–Crippen MR) is 68.7 cm³/mol. The van der Waals surface area contributed by atoms with Gasteiger partial charge in [-0.05, 0) is 33.5 Å². The fourth-order valence-electron chi connectivity index (χ4n) is 1.41. The maximum absolute atomic E-state index is 10.7. The van der Waals surface area contributed by atoms with Gasteiger partial charge in [-0.2, -0.15) is 0 Å². The number of anilines is 1. The van der Waals surface area contributed by atoms with E-state index in [1.165, 1.54) is 0 Å². The van der Waals surface area contributed by atoms with Crippen LogP contribution in [0.3, 0.4) is 0 Å². The standard InChI is InChI=1S/C12H16BrNO2/c1-12(2,7-11(15)16)8-14-10-6-4-3-5-9(10)13/h3-6,14H,7-8H2,1-2H3,(H,15,16). The van der Waals surface area contributed by atoms with Gasteiger partial charge in [0.1, 0.15) is 0 Å². The highest BCUT2D eigenvalue weighted by Gasteiger charge is 2.21. The summed E-state index contributed by atoms with van der Waals surface area (Å²) in [6, 6.07) is 7.79. The largest absolute Gasteiger partial charge is 0.481 e. The third kappa shape index (κ3) is 4.23. The van der Waals surface area contributed by atoms with Gasteiger partial charge in [0.2, 0.25) is 0 Å². The van der Waals surface area contributed by atoms with Gasteiger partial charge in [-0.1, -0.05) is 26.0 Å². The number of halogens is 1. The second-order valence-corrected chi connectivity index (χ2v) is 5.42. The van der Waals surface area contributed by atoms with Gasteiger partial charge < -0.3 is 10.4 Å². The van der Waals surface area contributed by atoms with E-state index in [4.69, 9.17) is 5.11 Å². The number of carboxylic acids is 1. The lowest BCUT2D eigenvalue weighted by atomic mass is 9.89. The SMILES string of the molecule is CC(C)(CNc1ccccc1Br)CC(=O)O. The molecule has 1 rings (SSSR count). The van der Waals surface area contributed by atoms with Crippen LogP contribution in [0.15, 0.2) is 28.7 Å². The van der Waals surface area contributed by atoms with Crippen LogP contribution in [0.2, 0.25) is 0 Å². The summed E-state index contributed by atoms with van der Waals surface area (Å²) in [6.45, 7) is 4.50. The van der Waals surface area contributed by atoms with Crippen molar-refractivity contribution in [2.75, 3.05) is 11.9 Å². The van der Waals surface area contributed by atoms with E-state index in [1.54, 1.807) is 0 Å². The summed E-state index contributed by atoms with van der Waals surface area (Å²) in [5.41, 5.74) is 0.724. The van der Waals surface area contributed by atoms with Crippen molar-refractivity contribution in [1.29, 1.82) is 0 Å². The molecule has 4 heteroatoms. The van der Waals surface area contributed by atoms with Crippen LogP contribution in [0, 0.1) is 5.41 Å². The second kappa shape index (κ2) is 5.34. The summed E-state index contributed by atoms with van der Waals surface area (Å²) in [4.78, 5) is 10.7. The van der Waals surface area contributed by atoms with E-state index in [2.05, 4.69) is 21.2 Å². The van der Waals surface area contributed by atoms with Crippen LogP contribution >= 0.6 is 15.9 Å². The molecule has 0 spiro atoms. The Balaban J connectivity index is 2.57. The topological polar surface area (TPSA) is 49.3 Å². The smallest absolute Gasteiger partial charge is 0.303 e. The number of carboxylic acid groups (broad SMARTS) is 1. The zero-order valence-electron chi connectivity index (χ0n) is 9.46. The first kappa shape index (κ1) is 13.0. The zero-order chi connectivity index (χ0) is 12.2. The van der Waals surface area contributed by atoms with Crippen LogP contribution in [0.4, 0.5) is 5.69 Å². The van der Waals surface area contributed by atoms with Crippen molar-refractivity contribution >= 4 is 27.6 Å². The Bertz CT molecular complexity index is 377. The Kier molecular flexibility index (Phi) is 4.35. The molecular weight excluding hydrogens is 270 g/mol. The highest BCUT2D eigenvalue weighted by atomic mass is 79.9. The molecule has 0 saturated carbocycles. The number of para-hydroxylation sites is 1. The molecule has 0 saturated heterocycles. The molecule has 1 aromatic carbocycles. The van der Waals surface area contributed by atoms with Crippen LogP contribution in [0.5, 0.6) is 0 Å². The Morgan fingerprint density at radius 3 is 2.62 bits per heavy atom. The highest BCUT2D eigenvalue weighted by molar-refractivity contribution is 9.10. The van der Waals surface area contributed by atoms with Crippen LogP contribution < -0.4 is 5.32 Å². The molecule has 0 bridgehead atoms. The Labute approximate surface area is 104 Å². The lowest BCUT2D eigenvalue weighted by Crippen LogP contribution is -2.26. The normalized spacial score (nSPS) is 11.2. The summed E-state index contributed by atoms with van der Waals surface area (Å²) in [5, 5.41) is 12.0. The molecule has 16 heavy (non-hydrogen) atoms. The Morgan fingerprint density at radius 2 is 2.06 bits per heavy atom. The van der Waals surface area contributed by atoms with Gasteiger partial charge in [0.05, 0.1) is 6.42 Å². The number of hydrogen-bond acceptors (Lipinski definition) is 2. The molecule has 0 aliphatic heterocycles. The third-order valence-corrected chi connectivity index (χ3v) is 2.95. The summed E-state index contributed by atoms with van der Waals surface area (Å²) < 4.78 is 0.987. The molecule has 0 radical (unpaired) electrons. The monoisotopic (exact) mass is 285 g/mol. The van der Waals surface area contributed by atoms with Gasteiger partial charge in [-0.25, -0.2) is 0 Å². The lowest BCUT2D eigenvalue weighted by molar-refractivity contribution is -0.139. The van der Waals surface area contributed by atoms with E-state index in [9.17, 15) is 4.79 Å². The number of rotatable bonds is 5. The van der Waals surface area contributed by atoms with Gasteiger partial charge in [0, 0.05) is 16.7 Å². The molecule has 1 aromatic rings. The van der Waals surface area contributed by atoms with Crippen LogP contribution in [-0.2, 0) is 4.79 Å². The fraction of sp³-hybridized carbons (Fsp3) is 0.417. The van der Waals surface area contributed by atoms with Gasteiger partial charge in [-0.3, -0.25) is 4.79 Å². The molecule has 0 aliphatic carbocycles. The average molecular weight is 286 g/mol. The van der Waals surface area contributed by atoms with Gasteiger partial charge >= 0.3 is 5.97 Å². The molecule has 0 amide bonds. The van der Waals surface area contributed by atoms with Crippen molar-refractivity contribution in [3.63, 3.8) is 0 Å². The zero-order valence-corrected chi connectivity index (χ0v) is 11.0. The fourth-order valence-corrected chi connectivity index (χ4v) is 1.84. The highest BCUT2D eigenvalue weighted by Crippen LogP contribution is 2.25. The van der Waals surface area contributed by atoms with Gasteiger partial charge in [-0.15, -0.1) is 0 Å². The summed E-state index contributed by atoms with van der Waals surface area (Å²) in [6.07, 6.45) is 0.157. The van der Waals surface area contributed by atoms with Crippen LogP contribution in [0.1, 0.15) is 20.3 Å². The lowest BCUT2D eigenvalue weighted by Gasteiger charge is -2.23. The third-order valence-electron chi connectivity index (χ3n) is 2.26. The van der Waals surface area contributed by atoms with Crippen LogP contribution in [-0.4, -0.2) is 17.6 Å². The number of benzene rings is 1. The van der Waals surface area contributed by atoms with E-state index in [0.717, 1.165) is 10.2 Å². The van der Waals surface area contributed by atoms with Crippen molar-refractivity contribution in [3.8, 4) is 0 Å². The van der Waals surface area contributed by atoms with Crippen molar-refractivity contribution in [3.05, 3.63) is 28.7 Å². The molecule has 0 unspecified atom stereocenters. The molecule has 88 valence electrons. The maximum atomic E-state index is 10.7.